The molecule has 0 aromatic heterocycles. The molecule has 17 heavy (non-hydrogen) atoms. The summed E-state index contributed by atoms with van der Waals surface area (Å²) >= 11 is 0. The van der Waals surface area contributed by atoms with E-state index in [1.165, 1.54) is 0 Å². The predicted molar refractivity (Wildman–Crippen MR) is 73.7 cm³/mol. The fourth-order valence-electron chi connectivity index (χ4n) is 1.97. The Morgan fingerprint density at radius 1 is 1.18 bits per heavy atom. The molecule has 0 aliphatic rings. The fourth-order valence-corrected chi connectivity index (χ4v) is 1.97. The number of benzene rings is 1. The van der Waals surface area contributed by atoms with Crippen molar-refractivity contribution in [2.45, 2.75) is 40.2 Å². The van der Waals surface area contributed by atoms with E-state index in [9.17, 15) is 5.11 Å². The Morgan fingerprint density at radius 2 is 1.71 bits per heavy atom. The molecule has 0 saturated heterocycles. The van der Waals surface area contributed by atoms with E-state index in [4.69, 9.17) is 0 Å². The van der Waals surface area contributed by atoms with Gasteiger partial charge in [-0.25, -0.2) is 0 Å². The van der Waals surface area contributed by atoms with Crippen molar-refractivity contribution in [2.24, 2.45) is 5.92 Å². The smallest absolute Gasteiger partial charge is 0.0876 e. The first-order chi connectivity index (χ1) is 7.82. The minimum Gasteiger partial charge on any atom is -0.385 e. The van der Waals surface area contributed by atoms with Crippen molar-refractivity contribution < 1.29 is 5.11 Å². The van der Waals surface area contributed by atoms with Crippen molar-refractivity contribution in [3.63, 3.8) is 0 Å². The molecule has 1 aromatic carbocycles. The molecule has 1 aromatic rings. The normalized spacial score (nSPS) is 11.2. The van der Waals surface area contributed by atoms with Crippen LogP contribution in [-0.2, 0) is 0 Å². The highest BCUT2D eigenvalue weighted by Gasteiger charge is 2.21. The van der Waals surface area contributed by atoms with Crippen LogP contribution < -0.4 is 0 Å². The molecule has 0 aliphatic carbocycles. The average Bonchev–Trinajstić information content (AvgIpc) is 2.24. The molecular weight excluding hydrogens is 208 g/mol. The van der Waals surface area contributed by atoms with Crippen molar-refractivity contribution in [1.29, 1.82) is 0 Å². The average molecular weight is 230 g/mol. The van der Waals surface area contributed by atoms with Gasteiger partial charge in [-0.2, -0.15) is 0 Å². The summed E-state index contributed by atoms with van der Waals surface area (Å²) in [5.41, 5.74) is 5.70. The van der Waals surface area contributed by atoms with Gasteiger partial charge in [-0.15, -0.1) is 5.73 Å². The van der Waals surface area contributed by atoms with Crippen molar-refractivity contribution in [3.8, 4) is 0 Å². The van der Waals surface area contributed by atoms with Crippen molar-refractivity contribution >= 4 is 5.57 Å². The van der Waals surface area contributed by atoms with Crippen LogP contribution in [0.4, 0.5) is 0 Å². The third-order valence-corrected chi connectivity index (χ3v) is 2.77. The van der Waals surface area contributed by atoms with Gasteiger partial charge < -0.3 is 5.11 Å². The van der Waals surface area contributed by atoms with E-state index in [1.807, 2.05) is 39.0 Å². The SMILES string of the molecule is CC(=C=C(C(C)C)C(C)(C)O)c1ccccc1. The topological polar surface area (TPSA) is 20.2 Å². The molecule has 0 saturated carbocycles. The van der Waals surface area contributed by atoms with Crippen LogP contribution >= 0.6 is 0 Å². The van der Waals surface area contributed by atoms with Gasteiger partial charge >= 0.3 is 0 Å². The molecule has 0 radical (unpaired) electrons. The summed E-state index contributed by atoms with van der Waals surface area (Å²) in [5.74, 6) is 0.286. The summed E-state index contributed by atoms with van der Waals surface area (Å²) in [7, 11) is 0. The molecule has 1 N–H and O–H groups in total. The minimum absolute atomic E-state index is 0.286. The monoisotopic (exact) mass is 230 g/mol. The van der Waals surface area contributed by atoms with E-state index in [1.54, 1.807) is 0 Å². The zero-order valence-electron chi connectivity index (χ0n) is 11.4. The molecule has 0 bridgehead atoms. The van der Waals surface area contributed by atoms with Gasteiger partial charge in [-0.05, 0) is 37.8 Å². The number of aliphatic hydroxyl groups is 1. The molecule has 0 fully saturated rings. The second kappa shape index (κ2) is 5.35. The van der Waals surface area contributed by atoms with Crippen molar-refractivity contribution in [1.82, 2.24) is 0 Å². The third-order valence-electron chi connectivity index (χ3n) is 2.77. The summed E-state index contributed by atoms with van der Waals surface area (Å²) < 4.78 is 0. The first kappa shape index (κ1) is 13.8. The highest BCUT2D eigenvalue weighted by Crippen LogP contribution is 2.24. The molecule has 92 valence electrons. The summed E-state index contributed by atoms with van der Waals surface area (Å²) in [6.07, 6.45) is 0. The van der Waals surface area contributed by atoms with Crippen LogP contribution in [0.2, 0.25) is 0 Å². The van der Waals surface area contributed by atoms with Gasteiger partial charge in [0.2, 0.25) is 0 Å². The molecule has 0 unspecified atom stereocenters. The van der Waals surface area contributed by atoms with Crippen LogP contribution in [0.5, 0.6) is 0 Å². The number of hydrogen-bond donors (Lipinski definition) is 1. The van der Waals surface area contributed by atoms with Crippen LogP contribution in [0.25, 0.3) is 5.57 Å². The van der Waals surface area contributed by atoms with Crippen molar-refractivity contribution in [2.75, 3.05) is 0 Å². The summed E-state index contributed by atoms with van der Waals surface area (Å²) in [6, 6.07) is 10.1. The zero-order chi connectivity index (χ0) is 13.1. The van der Waals surface area contributed by atoms with Gasteiger partial charge in [0.05, 0.1) is 5.60 Å². The van der Waals surface area contributed by atoms with Crippen molar-refractivity contribution in [3.05, 3.63) is 47.2 Å². The lowest BCUT2D eigenvalue weighted by Crippen LogP contribution is -2.24. The summed E-state index contributed by atoms with van der Waals surface area (Å²) in [4.78, 5) is 0. The van der Waals surface area contributed by atoms with E-state index in [-0.39, 0.29) is 5.92 Å². The zero-order valence-corrected chi connectivity index (χ0v) is 11.4. The Labute approximate surface area is 104 Å². The van der Waals surface area contributed by atoms with E-state index in [0.717, 1.165) is 16.7 Å². The lowest BCUT2D eigenvalue weighted by molar-refractivity contribution is 0.110. The predicted octanol–water partition coefficient (Wildman–Crippen LogP) is 4.04. The Bertz CT molecular complexity index is 426. The van der Waals surface area contributed by atoms with Crippen LogP contribution in [-0.4, -0.2) is 10.7 Å². The van der Waals surface area contributed by atoms with Crippen LogP contribution in [0.3, 0.4) is 0 Å². The first-order valence-corrected chi connectivity index (χ1v) is 6.08. The van der Waals surface area contributed by atoms with Gasteiger partial charge in [0, 0.05) is 5.57 Å². The lowest BCUT2D eigenvalue weighted by atomic mass is 9.88. The van der Waals surface area contributed by atoms with Gasteiger partial charge in [-0.1, -0.05) is 44.2 Å². The second-order valence-corrected chi connectivity index (χ2v) is 5.24. The van der Waals surface area contributed by atoms with Crippen LogP contribution in [0.15, 0.2) is 41.6 Å². The molecule has 0 spiro atoms. The van der Waals surface area contributed by atoms with E-state index < -0.39 is 5.60 Å². The maximum absolute atomic E-state index is 10.1. The third kappa shape index (κ3) is 3.89. The molecular formula is C16H22O. The van der Waals surface area contributed by atoms with Crippen LogP contribution in [0.1, 0.15) is 40.2 Å². The number of rotatable bonds is 3. The Morgan fingerprint density at radius 3 is 2.12 bits per heavy atom. The fraction of sp³-hybridized carbons (Fsp3) is 0.438. The van der Waals surface area contributed by atoms with Gasteiger partial charge in [0.1, 0.15) is 0 Å². The van der Waals surface area contributed by atoms with Gasteiger partial charge in [0.15, 0.2) is 0 Å². The molecule has 1 heteroatoms. The van der Waals surface area contributed by atoms with E-state index in [2.05, 4.69) is 31.7 Å². The molecule has 1 rings (SSSR count). The summed E-state index contributed by atoms with van der Waals surface area (Å²) in [5, 5.41) is 10.1. The minimum atomic E-state index is -0.815. The molecule has 1 nitrogen and oxygen atoms in total. The Balaban J connectivity index is 3.30. The second-order valence-electron chi connectivity index (χ2n) is 5.24. The van der Waals surface area contributed by atoms with E-state index >= 15 is 0 Å². The lowest BCUT2D eigenvalue weighted by Gasteiger charge is -2.23. The van der Waals surface area contributed by atoms with Crippen LogP contribution in [0, 0.1) is 5.92 Å². The molecule has 0 atom stereocenters. The quantitative estimate of drug-likeness (QED) is 0.777. The largest absolute Gasteiger partial charge is 0.385 e. The number of hydrogen-bond acceptors (Lipinski definition) is 1. The summed E-state index contributed by atoms with van der Waals surface area (Å²) in [6.45, 7) is 9.82. The molecule has 0 aliphatic heterocycles. The molecule has 0 heterocycles. The highest BCUT2D eigenvalue weighted by molar-refractivity contribution is 5.63. The maximum Gasteiger partial charge on any atom is 0.0876 e. The highest BCUT2D eigenvalue weighted by atomic mass is 16.3. The van der Waals surface area contributed by atoms with Gasteiger partial charge in [-0.3, -0.25) is 0 Å². The van der Waals surface area contributed by atoms with E-state index in [0.29, 0.717) is 0 Å². The Kier molecular flexibility index (Phi) is 4.34. The Hall–Kier alpha value is -1.30. The maximum atomic E-state index is 10.1. The standard InChI is InChI=1S/C16H22O/c1-12(2)15(16(4,5)17)11-13(3)14-9-7-6-8-10-14/h6-10,12,17H,1-5H3. The van der Waals surface area contributed by atoms with Gasteiger partial charge in [0.25, 0.3) is 0 Å². The molecule has 0 amide bonds. The first-order valence-electron chi connectivity index (χ1n) is 6.08.